The van der Waals surface area contributed by atoms with Crippen LogP contribution in [-0.4, -0.2) is 54.1 Å². The summed E-state index contributed by atoms with van der Waals surface area (Å²) in [4.78, 5) is 35.8. The van der Waals surface area contributed by atoms with Crippen LogP contribution in [0.15, 0.2) is 36.9 Å². The molecule has 38 heavy (non-hydrogen) atoms. The van der Waals surface area contributed by atoms with Gasteiger partial charge in [-0.05, 0) is 37.3 Å². The molecule has 0 bridgehead atoms. The molecule has 0 atom stereocenters. The molecule has 0 radical (unpaired) electrons. The Morgan fingerprint density at radius 1 is 1.16 bits per heavy atom. The number of carbonyl (C=O) groups is 1. The number of nitrogens with one attached hydrogen (secondary N) is 3. The van der Waals surface area contributed by atoms with E-state index in [-0.39, 0.29) is 22.8 Å². The van der Waals surface area contributed by atoms with Crippen molar-refractivity contribution >= 4 is 39.5 Å². The van der Waals surface area contributed by atoms with Crippen LogP contribution in [0.3, 0.4) is 0 Å². The van der Waals surface area contributed by atoms with Crippen LogP contribution in [-0.2, 0) is 4.79 Å². The largest absolute Gasteiger partial charge is 0.355 e. The molecule has 0 aliphatic carbocycles. The SMILES string of the molecule is CC(C)CC(=O)Nc1cncc(-c2cnc3[nH]nc(-c4nc5c(N6CCCCC6)nccc5[nH]4)c3c2F)c1. The number of halogens is 1. The third-order valence-electron chi connectivity index (χ3n) is 6.71. The highest BCUT2D eigenvalue weighted by Gasteiger charge is 2.23. The Balaban J connectivity index is 1.39. The highest BCUT2D eigenvalue weighted by Crippen LogP contribution is 2.34. The fraction of sp³-hybridized carbons (Fsp3) is 0.333. The number of carbonyl (C=O) groups excluding carboxylic acids is 1. The lowest BCUT2D eigenvalue weighted by molar-refractivity contribution is -0.116. The highest BCUT2D eigenvalue weighted by molar-refractivity contribution is 5.96. The van der Waals surface area contributed by atoms with E-state index >= 15 is 4.39 Å². The summed E-state index contributed by atoms with van der Waals surface area (Å²) >= 11 is 0. The minimum absolute atomic E-state index is 0.117. The van der Waals surface area contributed by atoms with Crippen LogP contribution < -0.4 is 10.2 Å². The van der Waals surface area contributed by atoms with E-state index in [1.165, 1.54) is 18.8 Å². The molecule has 0 saturated carbocycles. The van der Waals surface area contributed by atoms with E-state index in [0.29, 0.717) is 34.8 Å². The number of anilines is 2. The van der Waals surface area contributed by atoms with Crippen molar-refractivity contribution in [2.75, 3.05) is 23.3 Å². The highest BCUT2D eigenvalue weighted by atomic mass is 19.1. The Hall–Kier alpha value is -4.41. The average Bonchev–Trinajstić information content (AvgIpc) is 3.54. The summed E-state index contributed by atoms with van der Waals surface area (Å²) in [5, 5.41) is 10.2. The van der Waals surface area contributed by atoms with Gasteiger partial charge < -0.3 is 15.2 Å². The molecule has 1 amide bonds. The lowest BCUT2D eigenvalue weighted by Gasteiger charge is -2.27. The molecule has 1 fully saturated rings. The van der Waals surface area contributed by atoms with E-state index in [4.69, 9.17) is 4.98 Å². The van der Waals surface area contributed by atoms with E-state index < -0.39 is 5.82 Å². The van der Waals surface area contributed by atoms with Crippen LogP contribution in [0.2, 0.25) is 0 Å². The number of aromatic amines is 2. The van der Waals surface area contributed by atoms with Gasteiger partial charge in [0.05, 0.1) is 22.8 Å². The van der Waals surface area contributed by atoms with Gasteiger partial charge >= 0.3 is 0 Å². The topological polar surface area (TPSA) is 128 Å². The minimum Gasteiger partial charge on any atom is -0.355 e. The second kappa shape index (κ2) is 9.81. The van der Waals surface area contributed by atoms with Crippen molar-refractivity contribution in [3.8, 4) is 22.6 Å². The molecule has 0 spiro atoms. The zero-order chi connectivity index (χ0) is 26.2. The van der Waals surface area contributed by atoms with Crippen molar-refractivity contribution < 1.29 is 9.18 Å². The number of hydrogen-bond donors (Lipinski definition) is 3. The molecule has 5 aromatic heterocycles. The summed E-state index contributed by atoms with van der Waals surface area (Å²) in [6.45, 7) is 5.82. The maximum absolute atomic E-state index is 16.0. The number of pyridine rings is 3. The number of nitrogens with zero attached hydrogens (tertiary/aromatic N) is 6. The van der Waals surface area contributed by atoms with E-state index in [2.05, 4.69) is 40.3 Å². The molecule has 1 aliphatic heterocycles. The van der Waals surface area contributed by atoms with Gasteiger partial charge in [0, 0.05) is 49.2 Å². The smallest absolute Gasteiger partial charge is 0.224 e. The van der Waals surface area contributed by atoms with Gasteiger partial charge in [-0.15, -0.1) is 0 Å². The first-order valence-corrected chi connectivity index (χ1v) is 12.9. The maximum atomic E-state index is 16.0. The van der Waals surface area contributed by atoms with Crippen molar-refractivity contribution in [2.45, 2.75) is 39.5 Å². The van der Waals surface area contributed by atoms with Gasteiger partial charge in [0.1, 0.15) is 17.0 Å². The van der Waals surface area contributed by atoms with Crippen molar-refractivity contribution in [1.82, 2.24) is 35.1 Å². The summed E-state index contributed by atoms with van der Waals surface area (Å²) in [6, 6.07) is 3.55. The van der Waals surface area contributed by atoms with Gasteiger partial charge in [-0.25, -0.2) is 19.3 Å². The molecule has 194 valence electrons. The molecular formula is C27H28FN9O. The summed E-state index contributed by atoms with van der Waals surface area (Å²) in [7, 11) is 0. The fourth-order valence-corrected chi connectivity index (χ4v) is 4.94. The second-order valence-electron chi connectivity index (χ2n) is 10.1. The zero-order valence-electron chi connectivity index (χ0n) is 21.3. The molecule has 6 heterocycles. The molecule has 3 N–H and O–H groups in total. The lowest BCUT2D eigenvalue weighted by atomic mass is 10.1. The first-order chi connectivity index (χ1) is 18.5. The van der Waals surface area contributed by atoms with E-state index in [0.717, 1.165) is 42.8 Å². The first kappa shape index (κ1) is 24.0. The lowest BCUT2D eigenvalue weighted by Crippen LogP contribution is -2.30. The van der Waals surface area contributed by atoms with Gasteiger partial charge in [-0.1, -0.05) is 13.8 Å². The monoisotopic (exact) mass is 513 g/mol. The van der Waals surface area contributed by atoms with Crippen molar-refractivity contribution in [3.63, 3.8) is 0 Å². The number of amides is 1. The summed E-state index contributed by atoms with van der Waals surface area (Å²) in [5.74, 6) is 0.864. The maximum Gasteiger partial charge on any atom is 0.224 e. The number of H-pyrrole nitrogens is 2. The van der Waals surface area contributed by atoms with E-state index in [1.54, 1.807) is 18.5 Å². The molecule has 1 saturated heterocycles. The van der Waals surface area contributed by atoms with Gasteiger partial charge in [-0.2, -0.15) is 5.10 Å². The number of aromatic nitrogens is 7. The van der Waals surface area contributed by atoms with Crippen molar-refractivity contribution in [2.24, 2.45) is 5.92 Å². The Kier molecular flexibility index (Phi) is 6.18. The van der Waals surface area contributed by atoms with Crippen LogP contribution in [0.25, 0.3) is 44.7 Å². The molecule has 0 aromatic carbocycles. The Morgan fingerprint density at radius 2 is 2.00 bits per heavy atom. The third kappa shape index (κ3) is 4.44. The summed E-state index contributed by atoms with van der Waals surface area (Å²) in [5.41, 5.74) is 3.43. The molecule has 6 rings (SSSR count). The van der Waals surface area contributed by atoms with Crippen molar-refractivity contribution in [1.29, 1.82) is 0 Å². The Bertz CT molecular complexity index is 1630. The number of fused-ring (bicyclic) bond motifs is 2. The molecule has 11 heteroatoms. The van der Waals surface area contributed by atoms with Crippen LogP contribution >= 0.6 is 0 Å². The van der Waals surface area contributed by atoms with Crippen LogP contribution in [0.5, 0.6) is 0 Å². The number of piperidine rings is 1. The normalized spacial score (nSPS) is 14.1. The summed E-state index contributed by atoms with van der Waals surface area (Å²) in [6.07, 6.45) is 10.1. The number of imidazole rings is 1. The zero-order valence-corrected chi connectivity index (χ0v) is 21.3. The molecule has 1 aliphatic rings. The Labute approximate surface area is 218 Å². The minimum atomic E-state index is -0.499. The molecule has 0 unspecified atom stereocenters. The summed E-state index contributed by atoms with van der Waals surface area (Å²) < 4.78 is 16.0. The quantitative estimate of drug-likeness (QED) is 0.289. The fourth-order valence-electron chi connectivity index (χ4n) is 4.94. The van der Waals surface area contributed by atoms with Crippen LogP contribution in [0.4, 0.5) is 15.9 Å². The number of hydrogen-bond acceptors (Lipinski definition) is 7. The molecule has 10 nitrogen and oxygen atoms in total. The van der Waals surface area contributed by atoms with Crippen LogP contribution in [0.1, 0.15) is 39.5 Å². The van der Waals surface area contributed by atoms with Gasteiger partial charge in [0.15, 0.2) is 17.3 Å². The predicted molar refractivity (Wildman–Crippen MR) is 144 cm³/mol. The van der Waals surface area contributed by atoms with E-state index in [1.807, 2.05) is 19.9 Å². The first-order valence-electron chi connectivity index (χ1n) is 12.9. The number of rotatable bonds is 6. The van der Waals surface area contributed by atoms with Gasteiger partial charge in [0.2, 0.25) is 5.91 Å². The van der Waals surface area contributed by atoms with Gasteiger partial charge in [-0.3, -0.25) is 14.9 Å². The molecule has 5 aromatic rings. The van der Waals surface area contributed by atoms with E-state index in [9.17, 15) is 4.79 Å². The molecular weight excluding hydrogens is 485 g/mol. The Morgan fingerprint density at radius 3 is 2.82 bits per heavy atom. The standard InChI is InChI=1S/C27H28FN9O/c1-15(2)10-20(38)32-17-11-16(12-29-13-17)18-14-31-25-21(22(18)28)24(35-36-25)26-33-19-6-7-30-27(23(19)34-26)37-8-4-3-5-9-37/h6-7,11-15H,3-5,8-10H2,1-2H3,(H,32,38)(H,33,34)(H,31,35,36). The van der Waals surface area contributed by atoms with Crippen molar-refractivity contribution in [3.05, 3.63) is 42.7 Å². The predicted octanol–water partition coefficient (Wildman–Crippen LogP) is 5.07. The second-order valence-corrected chi connectivity index (χ2v) is 10.1. The van der Waals surface area contributed by atoms with Crippen LogP contribution in [0, 0.1) is 11.7 Å². The average molecular weight is 514 g/mol. The van der Waals surface area contributed by atoms with Gasteiger partial charge in [0.25, 0.3) is 0 Å². The third-order valence-corrected chi connectivity index (χ3v) is 6.71.